The molecule has 3 atom stereocenters. The van der Waals surface area contributed by atoms with Gasteiger partial charge in [-0.3, -0.25) is 0 Å². The molecule has 0 spiro atoms. The molecule has 0 saturated heterocycles. The van der Waals surface area contributed by atoms with Crippen molar-refractivity contribution in [2.24, 2.45) is 23.2 Å². The fraction of sp³-hybridized carbons (Fsp3) is 0.824. The molecule has 2 fully saturated rings. The summed E-state index contributed by atoms with van der Waals surface area (Å²) in [6.45, 7) is 9.12. The third-order valence-electron chi connectivity index (χ3n) is 6.09. The number of allylic oxidation sites excluding steroid dienone is 1. The van der Waals surface area contributed by atoms with Gasteiger partial charge in [0.05, 0.1) is 0 Å². The molecular weight excluding hydrogens is 236 g/mol. The summed E-state index contributed by atoms with van der Waals surface area (Å²) in [6.07, 6.45) is 6.59. The lowest BCUT2D eigenvalue weighted by atomic mass is 9.54. The zero-order valence-corrected chi connectivity index (χ0v) is 12.8. The average molecular weight is 264 g/mol. The molecule has 0 bridgehead atoms. The van der Waals surface area contributed by atoms with Crippen LogP contribution in [-0.4, -0.2) is 11.1 Å². The van der Waals surface area contributed by atoms with Gasteiger partial charge in [-0.05, 0) is 61.7 Å². The molecule has 2 rings (SSSR count). The molecular formula is C17H28O2. The number of hydrogen-bond donors (Lipinski definition) is 1. The van der Waals surface area contributed by atoms with Crippen molar-refractivity contribution >= 4 is 5.97 Å². The summed E-state index contributed by atoms with van der Waals surface area (Å²) >= 11 is 0. The highest BCUT2D eigenvalue weighted by molar-refractivity contribution is 5.87. The van der Waals surface area contributed by atoms with Crippen LogP contribution in [0.3, 0.4) is 0 Å². The molecule has 1 N–H and O–H groups in total. The molecule has 2 nitrogen and oxygen atoms in total. The Hall–Kier alpha value is -0.790. The van der Waals surface area contributed by atoms with Crippen LogP contribution in [0.4, 0.5) is 0 Å². The molecule has 0 amide bonds. The lowest BCUT2D eigenvalue weighted by Gasteiger charge is -2.51. The zero-order chi connectivity index (χ0) is 14.2. The second kappa shape index (κ2) is 5.30. The van der Waals surface area contributed by atoms with Gasteiger partial charge in [-0.1, -0.05) is 33.3 Å². The van der Waals surface area contributed by atoms with Gasteiger partial charge >= 0.3 is 5.97 Å². The Morgan fingerprint density at radius 1 is 1.32 bits per heavy atom. The monoisotopic (exact) mass is 264 g/mol. The summed E-state index contributed by atoms with van der Waals surface area (Å²) in [7, 11) is 0. The van der Waals surface area contributed by atoms with Gasteiger partial charge in [0.1, 0.15) is 0 Å². The van der Waals surface area contributed by atoms with Gasteiger partial charge in [-0.2, -0.15) is 0 Å². The predicted molar refractivity (Wildman–Crippen MR) is 78.0 cm³/mol. The van der Waals surface area contributed by atoms with E-state index in [4.69, 9.17) is 0 Å². The standard InChI is InChI=1S/C17H28O2/c1-5-14(16(18)19)13-9-8-12-7-6-11(2)17(3,4)15(12)10-13/h11-12,15H,5-10H2,1-4H3,(H,18,19)/t11-,12+,15+/m0/s1. The quantitative estimate of drug-likeness (QED) is 0.737. The SMILES string of the molecule is CCC(C(=O)O)=C1CC[C@H]2CC[C@H](C)C(C)(C)[C@@H]2C1. The molecule has 108 valence electrons. The number of carbonyl (C=O) groups is 1. The topological polar surface area (TPSA) is 37.3 Å². The van der Waals surface area contributed by atoms with Crippen molar-refractivity contribution in [2.75, 3.05) is 0 Å². The first-order chi connectivity index (χ1) is 8.87. The molecule has 0 unspecified atom stereocenters. The Bertz CT molecular complexity index is 392. The maximum atomic E-state index is 11.4. The van der Waals surface area contributed by atoms with E-state index in [9.17, 15) is 9.90 Å². The molecule has 0 radical (unpaired) electrons. The third kappa shape index (κ3) is 2.59. The van der Waals surface area contributed by atoms with E-state index in [0.717, 1.165) is 24.7 Å². The van der Waals surface area contributed by atoms with E-state index in [1.54, 1.807) is 0 Å². The van der Waals surface area contributed by atoms with Crippen molar-refractivity contribution in [3.8, 4) is 0 Å². The zero-order valence-electron chi connectivity index (χ0n) is 12.8. The van der Waals surface area contributed by atoms with Gasteiger partial charge in [-0.25, -0.2) is 4.79 Å². The van der Waals surface area contributed by atoms with Crippen LogP contribution in [-0.2, 0) is 4.79 Å². The van der Waals surface area contributed by atoms with Gasteiger partial charge in [0.2, 0.25) is 0 Å². The molecule has 19 heavy (non-hydrogen) atoms. The summed E-state index contributed by atoms with van der Waals surface area (Å²) in [5.74, 6) is 1.56. The Labute approximate surface area is 117 Å². The van der Waals surface area contributed by atoms with E-state index in [1.165, 1.54) is 24.8 Å². The van der Waals surface area contributed by atoms with Gasteiger partial charge < -0.3 is 5.11 Å². The first-order valence-corrected chi connectivity index (χ1v) is 7.82. The molecule has 0 aromatic heterocycles. The third-order valence-corrected chi connectivity index (χ3v) is 6.09. The van der Waals surface area contributed by atoms with Crippen LogP contribution >= 0.6 is 0 Å². The predicted octanol–water partition coefficient (Wildman–Crippen LogP) is 4.65. The summed E-state index contributed by atoms with van der Waals surface area (Å²) in [4.78, 5) is 11.4. The fourth-order valence-corrected chi connectivity index (χ4v) is 4.34. The average Bonchev–Trinajstić information content (AvgIpc) is 2.35. The van der Waals surface area contributed by atoms with Crippen molar-refractivity contribution in [3.63, 3.8) is 0 Å². The Kier molecular flexibility index (Phi) is 4.08. The molecule has 0 heterocycles. The van der Waals surface area contributed by atoms with Gasteiger partial charge in [0, 0.05) is 5.57 Å². The largest absolute Gasteiger partial charge is 0.478 e. The fourth-order valence-electron chi connectivity index (χ4n) is 4.34. The highest BCUT2D eigenvalue weighted by atomic mass is 16.4. The smallest absolute Gasteiger partial charge is 0.331 e. The molecule has 2 saturated carbocycles. The molecule has 0 aromatic carbocycles. The van der Waals surface area contributed by atoms with Gasteiger partial charge in [0.25, 0.3) is 0 Å². The summed E-state index contributed by atoms with van der Waals surface area (Å²) in [5, 5.41) is 9.35. The molecule has 2 heteroatoms. The second-order valence-electron chi connectivity index (χ2n) is 7.15. The first-order valence-electron chi connectivity index (χ1n) is 7.82. The van der Waals surface area contributed by atoms with Crippen LogP contribution in [0.2, 0.25) is 0 Å². The van der Waals surface area contributed by atoms with Crippen molar-refractivity contribution < 1.29 is 9.90 Å². The van der Waals surface area contributed by atoms with Crippen molar-refractivity contribution in [3.05, 3.63) is 11.1 Å². The van der Waals surface area contributed by atoms with E-state index in [2.05, 4.69) is 20.8 Å². The Morgan fingerprint density at radius 3 is 2.58 bits per heavy atom. The van der Waals surface area contributed by atoms with Crippen molar-refractivity contribution in [1.29, 1.82) is 0 Å². The van der Waals surface area contributed by atoms with Crippen LogP contribution < -0.4 is 0 Å². The van der Waals surface area contributed by atoms with Crippen molar-refractivity contribution in [1.82, 2.24) is 0 Å². The number of hydrogen-bond acceptors (Lipinski definition) is 1. The summed E-state index contributed by atoms with van der Waals surface area (Å²) in [5.41, 5.74) is 2.28. The van der Waals surface area contributed by atoms with Crippen LogP contribution in [0.1, 0.15) is 66.2 Å². The van der Waals surface area contributed by atoms with E-state index in [1.807, 2.05) is 6.92 Å². The van der Waals surface area contributed by atoms with Crippen LogP contribution in [0.5, 0.6) is 0 Å². The van der Waals surface area contributed by atoms with Crippen LogP contribution in [0.25, 0.3) is 0 Å². The number of rotatable bonds is 2. The minimum Gasteiger partial charge on any atom is -0.478 e. The number of carboxylic acids is 1. The highest BCUT2D eigenvalue weighted by Crippen LogP contribution is 2.54. The normalized spacial score (nSPS) is 36.5. The molecule has 0 aromatic rings. The maximum absolute atomic E-state index is 11.4. The lowest BCUT2D eigenvalue weighted by Crippen LogP contribution is -2.42. The van der Waals surface area contributed by atoms with Crippen molar-refractivity contribution in [2.45, 2.75) is 66.2 Å². The Balaban J connectivity index is 2.27. The van der Waals surface area contributed by atoms with E-state index in [-0.39, 0.29) is 0 Å². The number of aliphatic carboxylic acids is 1. The summed E-state index contributed by atoms with van der Waals surface area (Å²) in [6, 6.07) is 0. The molecule has 0 aliphatic heterocycles. The van der Waals surface area contributed by atoms with Gasteiger partial charge in [-0.15, -0.1) is 0 Å². The molecule has 2 aliphatic rings. The Morgan fingerprint density at radius 2 is 2.00 bits per heavy atom. The molecule has 2 aliphatic carbocycles. The number of carboxylic acid groups (broad SMARTS) is 1. The highest BCUT2D eigenvalue weighted by Gasteiger charge is 2.45. The van der Waals surface area contributed by atoms with Crippen LogP contribution in [0.15, 0.2) is 11.1 Å². The lowest BCUT2D eigenvalue weighted by molar-refractivity contribution is -0.132. The maximum Gasteiger partial charge on any atom is 0.331 e. The van der Waals surface area contributed by atoms with E-state index < -0.39 is 5.97 Å². The first kappa shape index (κ1) is 14.6. The van der Waals surface area contributed by atoms with E-state index in [0.29, 0.717) is 23.3 Å². The second-order valence-corrected chi connectivity index (χ2v) is 7.15. The summed E-state index contributed by atoms with van der Waals surface area (Å²) < 4.78 is 0. The minimum absolute atomic E-state index is 0.353. The minimum atomic E-state index is -0.697. The van der Waals surface area contributed by atoms with Crippen LogP contribution in [0, 0.1) is 23.2 Å². The van der Waals surface area contributed by atoms with E-state index >= 15 is 0 Å². The van der Waals surface area contributed by atoms with Gasteiger partial charge in [0.15, 0.2) is 0 Å². The number of fused-ring (bicyclic) bond motifs is 1.